The number of carbonyl (C=O) groups excluding carboxylic acids is 2. The molecule has 0 atom stereocenters. The Morgan fingerprint density at radius 1 is 0.917 bits per heavy atom. The van der Waals surface area contributed by atoms with Gasteiger partial charge in [0, 0.05) is 30.5 Å². The number of esters is 1. The zero-order chi connectivity index (χ0) is 25.3. The molecule has 0 saturated heterocycles. The lowest BCUT2D eigenvalue weighted by Gasteiger charge is -2.09. The average Bonchev–Trinajstić information content (AvgIpc) is 2.90. The first-order valence-corrected chi connectivity index (χ1v) is 11.4. The normalized spacial score (nSPS) is 10.6. The largest absolute Gasteiger partial charge is 0.497 e. The molecule has 0 spiro atoms. The molecule has 4 aromatic rings. The monoisotopic (exact) mass is 487 g/mol. The highest BCUT2D eigenvalue weighted by atomic mass is 16.5. The number of carbonyl (C=O) groups is 2. The summed E-state index contributed by atoms with van der Waals surface area (Å²) in [5.41, 5.74) is 2.21. The van der Waals surface area contributed by atoms with Crippen molar-refractivity contribution in [2.45, 2.75) is 19.4 Å². The van der Waals surface area contributed by atoms with Crippen LogP contribution in [-0.2, 0) is 16.1 Å². The van der Waals surface area contributed by atoms with E-state index in [1.54, 1.807) is 19.2 Å². The minimum Gasteiger partial charge on any atom is -0.497 e. The van der Waals surface area contributed by atoms with Crippen LogP contribution in [0, 0.1) is 0 Å². The molecule has 184 valence electrons. The van der Waals surface area contributed by atoms with Crippen molar-refractivity contribution in [3.63, 3.8) is 0 Å². The molecule has 3 aromatic carbocycles. The van der Waals surface area contributed by atoms with Gasteiger partial charge in [-0.25, -0.2) is 9.59 Å². The molecule has 1 heterocycles. The summed E-state index contributed by atoms with van der Waals surface area (Å²) in [6.45, 7) is 0.438. The second kappa shape index (κ2) is 11.7. The number of amides is 1. The smallest absolute Gasteiger partial charge is 0.407 e. The van der Waals surface area contributed by atoms with Crippen molar-refractivity contribution >= 4 is 23.0 Å². The zero-order valence-electron chi connectivity index (χ0n) is 19.7. The van der Waals surface area contributed by atoms with Crippen molar-refractivity contribution in [2.75, 3.05) is 13.7 Å². The number of hydrogen-bond donors (Lipinski definition) is 1. The Hall–Kier alpha value is -4.59. The summed E-state index contributed by atoms with van der Waals surface area (Å²) in [6, 6.07) is 23.0. The van der Waals surface area contributed by atoms with Crippen LogP contribution < -0.4 is 20.4 Å². The maximum Gasteiger partial charge on any atom is 0.407 e. The van der Waals surface area contributed by atoms with Crippen molar-refractivity contribution in [3.8, 4) is 22.6 Å². The standard InChI is InChI=1S/C28H25NO7/c1-33-21-11-9-20(10-12-21)24-17-27(31)36-25-16-22(13-14-23(24)25)35-26(30)8-5-15-29-28(32)34-18-19-6-3-2-4-7-19/h2-4,6-7,9-14,16-17H,5,8,15,18H2,1H3,(H,29,32). The van der Waals surface area contributed by atoms with Crippen LogP contribution in [0.4, 0.5) is 4.79 Å². The fourth-order valence-corrected chi connectivity index (χ4v) is 3.60. The number of ether oxygens (including phenoxy) is 3. The van der Waals surface area contributed by atoms with Crippen molar-refractivity contribution in [3.05, 3.63) is 94.8 Å². The highest BCUT2D eigenvalue weighted by Crippen LogP contribution is 2.30. The van der Waals surface area contributed by atoms with Gasteiger partial charge in [-0.05, 0) is 47.4 Å². The van der Waals surface area contributed by atoms with Gasteiger partial charge in [0.2, 0.25) is 0 Å². The molecule has 1 aromatic heterocycles. The number of benzene rings is 3. The van der Waals surface area contributed by atoms with Crippen molar-refractivity contribution in [1.29, 1.82) is 0 Å². The molecular weight excluding hydrogens is 462 g/mol. The lowest BCUT2D eigenvalue weighted by atomic mass is 10.0. The molecule has 0 radical (unpaired) electrons. The Morgan fingerprint density at radius 3 is 2.42 bits per heavy atom. The van der Waals surface area contributed by atoms with Gasteiger partial charge in [-0.3, -0.25) is 4.79 Å². The predicted octanol–water partition coefficient (Wildman–Crippen LogP) is 5.08. The highest BCUT2D eigenvalue weighted by Gasteiger charge is 2.12. The van der Waals surface area contributed by atoms with E-state index in [-0.39, 0.29) is 25.3 Å². The molecule has 1 amide bonds. The molecule has 8 nitrogen and oxygen atoms in total. The van der Waals surface area contributed by atoms with E-state index < -0.39 is 17.7 Å². The van der Waals surface area contributed by atoms with Gasteiger partial charge in [0.25, 0.3) is 0 Å². The molecule has 0 saturated carbocycles. The van der Waals surface area contributed by atoms with Crippen molar-refractivity contribution < 1.29 is 28.2 Å². The Balaban J connectivity index is 1.30. The van der Waals surface area contributed by atoms with Crippen LogP contribution in [0.3, 0.4) is 0 Å². The van der Waals surface area contributed by atoms with Crippen molar-refractivity contribution in [1.82, 2.24) is 5.32 Å². The zero-order valence-corrected chi connectivity index (χ0v) is 19.7. The summed E-state index contributed by atoms with van der Waals surface area (Å²) in [6.07, 6.45) is -0.0828. The number of methoxy groups -OCH3 is 1. The van der Waals surface area contributed by atoms with Crippen molar-refractivity contribution in [2.24, 2.45) is 0 Å². The Labute approximate surface area is 207 Å². The first-order chi connectivity index (χ1) is 17.5. The van der Waals surface area contributed by atoms with Gasteiger partial charge in [0.05, 0.1) is 7.11 Å². The minimum absolute atomic E-state index is 0.0901. The SMILES string of the molecule is COc1ccc(-c2cc(=O)oc3cc(OC(=O)CCCNC(=O)OCc4ccccc4)ccc23)cc1. The van der Waals surface area contributed by atoms with E-state index in [1.165, 1.54) is 12.1 Å². The molecule has 1 N–H and O–H groups in total. The number of rotatable bonds is 9. The lowest BCUT2D eigenvalue weighted by Crippen LogP contribution is -2.26. The van der Waals surface area contributed by atoms with Crippen LogP contribution in [0.15, 0.2) is 88.1 Å². The molecule has 0 aliphatic carbocycles. The number of hydrogen-bond acceptors (Lipinski definition) is 7. The average molecular weight is 488 g/mol. The van der Waals surface area contributed by atoms with E-state index >= 15 is 0 Å². The summed E-state index contributed by atoms with van der Waals surface area (Å²) in [4.78, 5) is 36.2. The van der Waals surface area contributed by atoms with Gasteiger partial charge >= 0.3 is 17.7 Å². The maximum absolute atomic E-state index is 12.2. The van der Waals surface area contributed by atoms with E-state index in [2.05, 4.69) is 5.32 Å². The predicted molar refractivity (Wildman–Crippen MR) is 134 cm³/mol. The van der Waals surface area contributed by atoms with E-state index in [1.807, 2.05) is 54.6 Å². The Morgan fingerprint density at radius 2 is 1.67 bits per heavy atom. The van der Waals surface area contributed by atoms with Gasteiger partial charge in [0.1, 0.15) is 23.7 Å². The quantitative estimate of drug-likeness (QED) is 0.152. The number of nitrogens with one attached hydrogen (secondary N) is 1. The summed E-state index contributed by atoms with van der Waals surface area (Å²) >= 11 is 0. The first-order valence-electron chi connectivity index (χ1n) is 11.4. The van der Waals surface area contributed by atoms with Gasteiger partial charge in [-0.1, -0.05) is 42.5 Å². The van der Waals surface area contributed by atoms with Crippen LogP contribution in [0.1, 0.15) is 18.4 Å². The summed E-state index contributed by atoms with van der Waals surface area (Å²) in [5.74, 6) is 0.500. The summed E-state index contributed by atoms with van der Waals surface area (Å²) in [7, 11) is 1.59. The minimum atomic E-state index is -0.551. The van der Waals surface area contributed by atoms with E-state index in [0.29, 0.717) is 28.7 Å². The van der Waals surface area contributed by atoms with Gasteiger partial charge in [0.15, 0.2) is 0 Å². The van der Waals surface area contributed by atoms with Crippen LogP contribution >= 0.6 is 0 Å². The van der Waals surface area contributed by atoms with Crippen LogP contribution in [-0.4, -0.2) is 25.7 Å². The Kier molecular flexibility index (Phi) is 7.97. The lowest BCUT2D eigenvalue weighted by molar-refractivity contribution is -0.134. The highest BCUT2D eigenvalue weighted by molar-refractivity contribution is 5.94. The second-order valence-corrected chi connectivity index (χ2v) is 7.93. The summed E-state index contributed by atoms with van der Waals surface area (Å²) in [5, 5.41) is 3.31. The molecule has 8 heteroatoms. The first kappa shape index (κ1) is 24.5. The maximum atomic E-state index is 12.2. The second-order valence-electron chi connectivity index (χ2n) is 7.93. The van der Waals surface area contributed by atoms with Crippen LogP contribution in [0.25, 0.3) is 22.1 Å². The third-order valence-electron chi connectivity index (χ3n) is 5.39. The van der Waals surface area contributed by atoms with E-state index in [4.69, 9.17) is 18.6 Å². The molecule has 0 unspecified atom stereocenters. The molecule has 0 aliphatic rings. The van der Waals surface area contributed by atoms with Gasteiger partial charge < -0.3 is 23.9 Å². The topological polar surface area (TPSA) is 104 Å². The third-order valence-corrected chi connectivity index (χ3v) is 5.39. The van der Waals surface area contributed by atoms with Gasteiger partial charge in [-0.15, -0.1) is 0 Å². The van der Waals surface area contributed by atoms with E-state index in [0.717, 1.165) is 11.1 Å². The van der Waals surface area contributed by atoms with Crippen LogP contribution in [0.2, 0.25) is 0 Å². The van der Waals surface area contributed by atoms with Gasteiger partial charge in [-0.2, -0.15) is 0 Å². The molecule has 0 fully saturated rings. The molecule has 0 bridgehead atoms. The molecule has 4 rings (SSSR count). The fourth-order valence-electron chi connectivity index (χ4n) is 3.60. The molecule has 36 heavy (non-hydrogen) atoms. The van der Waals surface area contributed by atoms with Crippen LogP contribution in [0.5, 0.6) is 11.5 Å². The molecule has 0 aliphatic heterocycles. The summed E-state index contributed by atoms with van der Waals surface area (Å²) < 4.78 is 21.0. The Bertz CT molecular complexity index is 1400. The number of fused-ring (bicyclic) bond motifs is 1. The fraction of sp³-hybridized carbons (Fsp3) is 0.179. The third kappa shape index (κ3) is 6.50. The van der Waals surface area contributed by atoms with E-state index in [9.17, 15) is 14.4 Å². The molecular formula is C28H25NO7. The number of alkyl carbamates (subject to hydrolysis) is 1.